The summed E-state index contributed by atoms with van der Waals surface area (Å²) in [6.45, 7) is 1.19. The number of carboxylic acid groups (broad SMARTS) is 1. The number of nitrogens with zero attached hydrogens (tertiary/aromatic N) is 1. The Morgan fingerprint density at radius 3 is 3.00 bits per heavy atom. The van der Waals surface area contributed by atoms with Crippen LogP contribution < -0.4 is 10.1 Å². The number of likely N-dealkylation sites (tertiary alicyclic amines) is 1. The Morgan fingerprint density at radius 1 is 1.48 bits per heavy atom. The van der Waals surface area contributed by atoms with Crippen molar-refractivity contribution in [2.24, 2.45) is 0 Å². The van der Waals surface area contributed by atoms with E-state index >= 15 is 0 Å². The van der Waals surface area contributed by atoms with E-state index in [9.17, 15) is 9.59 Å². The first-order chi connectivity index (χ1) is 10.1. The largest absolute Gasteiger partial charge is 0.497 e. The predicted molar refractivity (Wildman–Crippen MR) is 77.1 cm³/mol. The van der Waals surface area contributed by atoms with Crippen LogP contribution >= 0.6 is 0 Å². The molecule has 6 heteroatoms. The van der Waals surface area contributed by atoms with E-state index in [4.69, 9.17) is 9.84 Å². The Balaban J connectivity index is 1.83. The molecule has 1 heterocycles. The van der Waals surface area contributed by atoms with E-state index < -0.39 is 12.0 Å². The molecule has 0 aromatic heterocycles. The van der Waals surface area contributed by atoms with Crippen molar-refractivity contribution in [2.75, 3.05) is 20.2 Å². The molecule has 1 atom stereocenters. The first kappa shape index (κ1) is 15.3. The van der Waals surface area contributed by atoms with Gasteiger partial charge in [0.15, 0.2) is 0 Å². The van der Waals surface area contributed by atoms with Gasteiger partial charge in [-0.25, -0.2) is 0 Å². The summed E-state index contributed by atoms with van der Waals surface area (Å²) in [5.41, 5.74) is 0.943. The minimum absolute atomic E-state index is 0.126. The van der Waals surface area contributed by atoms with E-state index in [0.29, 0.717) is 19.5 Å². The lowest BCUT2D eigenvalue weighted by atomic mass is 10.2. The molecule has 0 radical (unpaired) electrons. The molecule has 114 valence electrons. The lowest BCUT2D eigenvalue weighted by molar-refractivity contribution is -0.142. The smallest absolute Gasteiger partial charge is 0.320 e. The first-order valence-electron chi connectivity index (χ1n) is 6.96. The third kappa shape index (κ3) is 4.19. The van der Waals surface area contributed by atoms with Crippen molar-refractivity contribution in [3.63, 3.8) is 0 Å². The molecular weight excluding hydrogens is 272 g/mol. The van der Waals surface area contributed by atoms with Gasteiger partial charge in [-0.05, 0) is 37.1 Å². The Hall–Kier alpha value is -2.08. The molecule has 0 saturated carbocycles. The number of amides is 1. The zero-order valence-electron chi connectivity index (χ0n) is 12.0. The molecule has 0 bridgehead atoms. The number of carbonyl (C=O) groups is 2. The molecule has 2 rings (SSSR count). The fourth-order valence-corrected chi connectivity index (χ4v) is 2.52. The lowest BCUT2D eigenvalue weighted by Gasteiger charge is -2.20. The van der Waals surface area contributed by atoms with Crippen LogP contribution in [0.2, 0.25) is 0 Å². The van der Waals surface area contributed by atoms with Gasteiger partial charge in [0.05, 0.1) is 13.7 Å². The van der Waals surface area contributed by atoms with E-state index in [1.54, 1.807) is 12.0 Å². The van der Waals surface area contributed by atoms with Gasteiger partial charge in [-0.15, -0.1) is 0 Å². The van der Waals surface area contributed by atoms with Gasteiger partial charge in [-0.2, -0.15) is 0 Å². The van der Waals surface area contributed by atoms with Crippen molar-refractivity contribution in [3.8, 4) is 5.75 Å². The third-order valence-electron chi connectivity index (χ3n) is 3.62. The monoisotopic (exact) mass is 292 g/mol. The molecule has 1 aliphatic rings. The highest BCUT2D eigenvalue weighted by molar-refractivity contribution is 5.80. The van der Waals surface area contributed by atoms with Crippen LogP contribution in [0.25, 0.3) is 0 Å². The average Bonchev–Trinajstić information content (AvgIpc) is 2.93. The van der Waals surface area contributed by atoms with E-state index in [1.165, 1.54) is 0 Å². The molecular formula is C15H20N2O4. The SMILES string of the molecule is COc1cccc(CNC(=O)CN2CCC[C@@H]2C(=O)O)c1. The highest BCUT2D eigenvalue weighted by atomic mass is 16.5. The topological polar surface area (TPSA) is 78.9 Å². The molecule has 1 amide bonds. The Bertz CT molecular complexity index is 518. The molecule has 1 fully saturated rings. The number of aliphatic carboxylic acids is 1. The standard InChI is InChI=1S/C15H20N2O4/c1-21-12-5-2-4-11(8-12)9-16-14(18)10-17-7-3-6-13(17)15(19)20/h2,4-5,8,13H,3,6-7,9-10H2,1H3,(H,16,18)(H,19,20)/t13-/m1/s1. The van der Waals surface area contributed by atoms with Gasteiger partial charge in [0, 0.05) is 6.54 Å². The third-order valence-corrected chi connectivity index (χ3v) is 3.62. The van der Waals surface area contributed by atoms with E-state index in [2.05, 4.69) is 5.32 Å². The summed E-state index contributed by atoms with van der Waals surface area (Å²) in [5, 5.41) is 11.9. The summed E-state index contributed by atoms with van der Waals surface area (Å²) in [7, 11) is 1.59. The van der Waals surface area contributed by atoms with E-state index in [-0.39, 0.29) is 12.5 Å². The van der Waals surface area contributed by atoms with Gasteiger partial charge in [0.25, 0.3) is 0 Å². The Morgan fingerprint density at radius 2 is 2.29 bits per heavy atom. The molecule has 2 N–H and O–H groups in total. The van der Waals surface area contributed by atoms with Gasteiger partial charge in [-0.1, -0.05) is 12.1 Å². The van der Waals surface area contributed by atoms with Crippen LogP contribution in [0.5, 0.6) is 5.75 Å². The molecule has 1 aromatic rings. The second kappa shape index (κ2) is 7.08. The molecule has 0 unspecified atom stereocenters. The zero-order valence-corrected chi connectivity index (χ0v) is 12.0. The summed E-state index contributed by atoms with van der Waals surface area (Å²) in [5.74, 6) is -0.272. The fourth-order valence-electron chi connectivity index (χ4n) is 2.52. The first-order valence-corrected chi connectivity index (χ1v) is 6.96. The number of hydrogen-bond donors (Lipinski definition) is 2. The van der Waals surface area contributed by atoms with Crippen molar-refractivity contribution < 1.29 is 19.4 Å². The van der Waals surface area contributed by atoms with E-state index in [1.807, 2.05) is 24.3 Å². The molecule has 1 aromatic carbocycles. The predicted octanol–water partition coefficient (Wildman–Crippen LogP) is 0.860. The van der Waals surface area contributed by atoms with Crippen molar-refractivity contribution in [3.05, 3.63) is 29.8 Å². The zero-order chi connectivity index (χ0) is 15.2. The van der Waals surface area contributed by atoms with Crippen molar-refractivity contribution in [2.45, 2.75) is 25.4 Å². The summed E-state index contributed by atoms with van der Waals surface area (Å²) < 4.78 is 5.12. The number of hydrogen-bond acceptors (Lipinski definition) is 4. The molecule has 21 heavy (non-hydrogen) atoms. The minimum atomic E-state index is -0.854. The number of methoxy groups -OCH3 is 1. The fraction of sp³-hybridized carbons (Fsp3) is 0.467. The molecule has 1 saturated heterocycles. The van der Waals surface area contributed by atoms with Gasteiger partial charge in [0.1, 0.15) is 11.8 Å². The highest BCUT2D eigenvalue weighted by Crippen LogP contribution is 2.16. The number of benzene rings is 1. The Labute approximate surface area is 123 Å². The van der Waals surface area contributed by atoms with Crippen LogP contribution in [-0.2, 0) is 16.1 Å². The van der Waals surface area contributed by atoms with Gasteiger partial charge in [0.2, 0.25) is 5.91 Å². The molecule has 0 spiro atoms. The lowest BCUT2D eigenvalue weighted by Crippen LogP contribution is -2.42. The molecule has 6 nitrogen and oxygen atoms in total. The maximum atomic E-state index is 11.9. The van der Waals surface area contributed by atoms with Gasteiger partial charge >= 0.3 is 5.97 Å². The van der Waals surface area contributed by atoms with Crippen LogP contribution in [0.4, 0.5) is 0 Å². The van der Waals surface area contributed by atoms with Crippen molar-refractivity contribution >= 4 is 11.9 Å². The summed E-state index contributed by atoms with van der Waals surface area (Å²) in [4.78, 5) is 24.7. The average molecular weight is 292 g/mol. The highest BCUT2D eigenvalue weighted by Gasteiger charge is 2.31. The van der Waals surface area contributed by atoms with Crippen molar-refractivity contribution in [1.82, 2.24) is 10.2 Å². The van der Waals surface area contributed by atoms with Crippen LogP contribution in [-0.4, -0.2) is 48.1 Å². The van der Waals surface area contributed by atoms with E-state index in [0.717, 1.165) is 17.7 Å². The summed E-state index contributed by atoms with van der Waals surface area (Å²) >= 11 is 0. The number of carbonyl (C=O) groups excluding carboxylic acids is 1. The maximum absolute atomic E-state index is 11.9. The Kier molecular flexibility index (Phi) is 5.16. The number of carboxylic acids is 1. The van der Waals surface area contributed by atoms with Crippen molar-refractivity contribution in [1.29, 1.82) is 0 Å². The second-order valence-corrected chi connectivity index (χ2v) is 5.09. The van der Waals surface area contributed by atoms with Gasteiger partial charge in [-0.3, -0.25) is 14.5 Å². The second-order valence-electron chi connectivity index (χ2n) is 5.09. The van der Waals surface area contributed by atoms with Crippen LogP contribution in [0.1, 0.15) is 18.4 Å². The number of nitrogens with one attached hydrogen (secondary N) is 1. The molecule has 0 aliphatic carbocycles. The van der Waals surface area contributed by atoms with Gasteiger partial charge < -0.3 is 15.2 Å². The minimum Gasteiger partial charge on any atom is -0.497 e. The summed E-state index contributed by atoms with van der Waals surface area (Å²) in [6, 6.07) is 6.93. The number of rotatable bonds is 6. The van der Waals surface area contributed by atoms with Crippen LogP contribution in [0, 0.1) is 0 Å². The normalized spacial score (nSPS) is 18.4. The van der Waals surface area contributed by atoms with Crippen LogP contribution in [0.3, 0.4) is 0 Å². The summed E-state index contributed by atoms with van der Waals surface area (Å²) in [6.07, 6.45) is 1.43. The molecule has 1 aliphatic heterocycles. The number of ether oxygens (including phenoxy) is 1. The van der Waals surface area contributed by atoms with Crippen LogP contribution in [0.15, 0.2) is 24.3 Å². The quantitative estimate of drug-likeness (QED) is 0.813. The maximum Gasteiger partial charge on any atom is 0.320 e.